The van der Waals surface area contributed by atoms with E-state index in [0.29, 0.717) is 5.13 Å². The van der Waals surface area contributed by atoms with Crippen molar-refractivity contribution in [1.29, 1.82) is 0 Å². The average Bonchev–Trinajstić information content (AvgIpc) is 2.83. The molecule has 2 amide bonds. The summed E-state index contributed by atoms with van der Waals surface area (Å²) in [6.07, 6.45) is 0. The van der Waals surface area contributed by atoms with Crippen LogP contribution in [0.2, 0.25) is 0 Å². The Hall–Kier alpha value is -2.40. The van der Waals surface area contributed by atoms with Crippen molar-refractivity contribution in [3.63, 3.8) is 0 Å². The van der Waals surface area contributed by atoms with Gasteiger partial charge in [0.1, 0.15) is 0 Å². The Labute approximate surface area is 133 Å². The number of thiazole rings is 1. The zero-order valence-electron chi connectivity index (χ0n) is 12.7. The minimum atomic E-state index is -0.276. The molecule has 0 unspecified atom stereocenters. The summed E-state index contributed by atoms with van der Waals surface area (Å²) in [6, 6.07) is 11.5. The monoisotopic (exact) mass is 311 g/mol. The van der Waals surface area contributed by atoms with Crippen molar-refractivity contribution in [3.8, 4) is 0 Å². The van der Waals surface area contributed by atoms with Gasteiger partial charge in [0.2, 0.25) is 0 Å². The Kier molecular flexibility index (Phi) is 3.81. The Morgan fingerprint density at radius 3 is 2.50 bits per heavy atom. The van der Waals surface area contributed by atoms with Crippen LogP contribution in [0, 0.1) is 20.8 Å². The van der Waals surface area contributed by atoms with Gasteiger partial charge in [0.25, 0.3) is 0 Å². The third-order valence-electron chi connectivity index (χ3n) is 3.62. The summed E-state index contributed by atoms with van der Waals surface area (Å²) in [5.74, 6) is 0. The van der Waals surface area contributed by atoms with Crippen LogP contribution < -0.4 is 10.6 Å². The molecule has 0 aliphatic rings. The fourth-order valence-electron chi connectivity index (χ4n) is 2.20. The number of urea groups is 1. The fourth-order valence-corrected chi connectivity index (χ4v) is 3.14. The Morgan fingerprint density at radius 2 is 1.73 bits per heavy atom. The molecule has 3 aromatic rings. The summed E-state index contributed by atoms with van der Waals surface area (Å²) < 4.78 is 1.08. The molecule has 1 heterocycles. The van der Waals surface area contributed by atoms with E-state index in [4.69, 9.17) is 0 Å². The molecular weight excluding hydrogens is 294 g/mol. The van der Waals surface area contributed by atoms with Crippen molar-refractivity contribution in [1.82, 2.24) is 4.98 Å². The topological polar surface area (TPSA) is 54.0 Å². The number of carbonyl (C=O) groups excluding carboxylic acids is 1. The first-order valence-corrected chi connectivity index (χ1v) is 7.86. The van der Waals surface area contributed by atoms with Gasteiger partial charge in [-0.1, -0.05) is 29.5 Å². The second kappa shape index (κ2) is 5.77. The SMILES string of the molecule is Cc1cc2nc(NC(=O)Nc3ccccc3C)sc2cc1C. The Morgan fingerprint density at radius 1 is 1.00 bits per heavy atom. The maximum absolute atomic E-state index is 12.1. The van der Waals surface area contributed by atoms with E-state index in [1.54, 1.807) is 0 Å². The average molecular weight is 311 g/mol. The molecule has 3 rings (SSSR count). The normalized spacial score (nSPS) is 10.7. The number of hydrogen-bond donors (Lipinski definition) is 2. The number of fused-ring (bicyclic) bond motifs is 1. The van der Waals surface area contributed by atoms with Crippen molar-refractivity contribution in [3.05, 3.63) is 53.1 Å². The summed E-state index contributed by atoms with van der Waals surface area (Å²) in [5, 5.41) is 6.25. The van der Waals surface area contributed by atoms with Crippen molar-refractivity contribution in [2.24, 2.45) is 0 Å². The number of aryl methyl sites for hydroxylation is 3. The second-order valence-corrected chi connectivity index (χ2v) is 6.35. The van der Waals surface area contributed by atoms with Crippen LogP contribution in [0.5, 0.6) is 0 Å². The van der Waals surface area contributed by atoms with E-state index in [-0.39, 0.29) is 6.03 Å². The van der Waals surface area contributed by atoms with Crippen molar-refractivity contribution in [2.75, 3.05) is 10.6 Å². The summed E-state index contributed by atoms with van der Waals surface area (Å²) >= 11 is 1.48. The highest BCUT2D eigenvalue weighted by Gasteiger charge is 2.09. The predicted octanol–water partition coefficient (Wildman–Crippen LogP) is 4.87. The first kappa shape index (κ1) is 14.5. The standard InChI is InChI=1S/C17H17N3OS/c1-10-6-4-5-7-13(10)18-16(21)20-17-19-14-8-11(2)12(3)9-15(14)22-17/h4-9H,1-3H3,(H2,18,19,20,21). The number of amides is 2. The van der Waals surface area contributed by atoms with Crippen LogP contribution in [-0.4, -0.2) is 11.0 Å². The second-order valence-electron chi connectivity index (χ2n) is 5.32. The summed E-state index contributed by atoms with van der Waals surface area (Å²) in [4.78, 5) is 16.6. The maximum Gasteiger partial charge on any atom is 0.325 e. The molecule has 0 aliphatic carbocycles. The van der Waals surface area contributed by atoms with Crippen molar-refractivity contribution >= 4 is 38.4 Å². The first-order chi connectivity index (χ1) is 10.5. The van der Waals surface area contributed by atoms with Crippen LogP contribution >= 0.6 is 11.3 Å². The smallest absolute Gasteiger partial charge is 0.307 e. The lowest BCUT2D eigenvalue weighted by Gasteiger charge is -2.07. The van der Waals surface area contributed by atoms with Gasteiger partial charge in [-0.2, -0.15) is 0 Å². The number of hydrogen-bond acceptors (Lipinski definition) is 3. The number of nitrogens with one attached hydrogen (secondary N) is 2. The van der Waals surface area contributed by atoms with E-state index in [9.17, 15) is 4.79 Å². The molecule has 112 valence electrons. The molecule has 22 heavy (non-hydrogen) atoms. The molecular formula is C17H17N3OS. The molecule has 0 saturated heterocycles. The molecule has 0 aliphatic heterocycles. The van der Waals surface area contributed by atoms with E-state index in [1.807, 2.05) is 37.3 Å². The molecule has 1 aromatic heterocycles. The third kappa shape index (κ3) is 2.94. The van der Waals surface area contributed by atoms with Gasteiger partial charge in [0.05, 0.1) is 10.2 Å². The quantitative estimate of drug-likeness (QED) is 0.709. The van der Waals surface area contributed by atoms with Crippen molar-refractivity contribution in [2.45, 2.75) is 20.8 Å². The highest BCUT2D eigenvalue weighted by molar-refractivity contribution is 7.22. The van der Waals surface area contributed by atoms with Crippen molar-refractivity contribution < 1.29 is 4.79 Å². The first-order valence-electron chi connectivity index (χ1n) is 7.04. The predicted molar refractivity (Wildman–Crippen MR) is 92.9 cm³/mol. The van der Waals surface area contributed by atoms with Gasteiger partial charge < -0.3 is 5.32 Å². The summed E-state index contributed by atoms with van der Waals surface area (Å²) in [7, 11) is 0. The van der Waals surface area contributed by atoms with Gasteiger partial charge in [-0.3, -0.25) is 5.32 Å². The van der Waals surface area contributed by atoms with Crippen LogP contribution in [0.15, 0.2) is 36.4 Å². The molecule has 0 atom stereocenters. The van der Waals surface area contributed by atoms with Gasteiger partial charge in [-0.05, 0) is 55.7 Å². The lowest BCUT2D eigenvalue weighted by Crippen LogP contribution is -2.19. The van der Waals surface area contributed by atoms with Gasteiger partial charge in [-0.25, -0.2) is 9.78 Å². The molecule has 0 fully saturated rings. The molecule has 2 aromatic carbocycles. The molecule has 0 saturated carbocycles. The number of nitrogens with zero attached hydrogens (tertiary/aromatic N) is 1. The highest BCUT2D eigenvalue weighted by Crippen LogP contribution is 2.28. The number of carbonyl (C=O) groups is 1. The number of benzene rings is 2. The maximum atomic E-state index is 12.1. The van der Waals surface area contributed by atoms with Crippen LogP contribution in [0.25, 0.3) is 10.2 Å². The highest BCUT2D eigenvalue weighted by atomic mass is 32.1. The fraction of sp³-hybridized carbons (Fsp3) is 0.176. The lowest BCUT2D eigenvalue weighted by atomic mass is 10.1. The minimum absolute atomic E-state index is 0.276. The summed E-state index contributed by atoms with van der Waals surface area (Å²) in [6.45, 7) is 6.09. The minimum Gasteiger partial charge on any atom is -0.307 e. The van der Waals surface area contributed by atoms with Crippen LogP contribution in [0.1, 0.15) is 16.7 Å². The van der Waals surface area contributed by atoms with Gasteiger partial charge in [0.15, 0.2) is 5.13 Å². The van der Waals surface area contributed by atoms with Crippen LogP contribution in [0.4, 0.5) is 15.6 Å². The molecule has 0 bridgehead atoms. The summed E-state index contributed by atoms with van der Waals surface area (Å²) in [5.41, 5.74) is 5.17. The lowest BCUT2D eigenvalue weighted by molar-refractivity contribution is 0.262. The number of anilines is 2. The molecule has 2 N–H and O–H groups in total. The number of para-hydroxylation sites is 1. The Bertz CT molecular complexity index is 815. The molecule has 5 heteroatoms. The number of aromatic nitrogens is 1. The van der Waals surface area contributed by atoms with E-state index >= 15 is 0 Å². The molecule has 0 radical (unpaired) electrons. The molecule has 0 spiro atoms. The largest absolute Gasteiger partial charge is 0.325 e. The van der Waals surface area contributed by atoms with Gasteiger partial charge >= 0.3 is 6.03 Å². The zero-order chi connectivity index (χ0) is 15.7. The van der Waals surface area contributed by atoms with Crippen LogP contribution in [0.3, 0.4) is 0 Å². The van der Waals surface area contributed by atoms with Gasteiger partial charge in [0, 0.05) is 5.69 Å². The van der Waals surface area contributed by atoms with E-state index in [1.165, 1.54) is 22.5 Å². The van der Waals surface area contributed by atoms with E-state index in [2.05, 4.69) is 35.5 Å². The van der Waals surface area contributed by atoms with E-state index < -0.39 is 0 Å². The van der Waals surface area contributed by atoms with Gasteiger partial charge in [-0.15, -0.1) is 0 Å². The Balaban J connectivity index is 1.78. The van der Waals surface area contributed by atoms with Crippen LogP contribution in [-0.2, 0) is 0 Å². The number of rotatable bonds is 2. The third-order valence-corrected chi connectivity index (χ3v) is 4.55. The molecule has 4 nitrogen and oxygen atoms in total. The zero-order valence-corrected chi connectivity index (χ0v) is 13.5. The van der Waals surface area contributed by atoms with E-state index in [0.717, 1.165) is 21.5 Å².